The molecule has 1 aromatic carbocycles. The lowest BCUT2D eigenvalue weighted by Gasteiger charge is -2.36. The van der Waals surface area contributed by atoms with E-state index in [0.717, 1.165) is 5.92 Å². The van der Waals surface area contributed by atoms with Crippen LogP contribution in [-0.4, -0.2) is 24.4 Å². The first-order valence-electron chi connectivity index (χ1n) is 6.23. The van der Waals surface area contributed by atoms with Gasteiger partial charge in [0.25, 0.3) is 0 Å². The Morgan fingerprint density at radius 1 is 1.53 bits per heavy atom. The molecule has 3 nitrogen and oxygen atoms in total. The molecular formula is C14H18N2O. The average Bonchev–Trinajstić information content (AvgIpc) is 2.87. The minimum absolute atomic E-state index is 0.163. The molecular weight excluding hydrogens is 212 g/mol. The van der Waals surface area contributed by atoms with E-state index in [1.165, 1.54) is 31.4 Å². The summed E-state index contributed by atoms with van der Waals surface area (Å²) in [5.41, 5.74) is 7.41. The van der Waals surface area contributed by atoms with E-state index >= 15 is 0 Å². The predicted molar refractivity (Wildman–Crippen MR) is 66.6 cm³/mol. The zero-order valence-corrected chi connectivity index (χ0v) is 10.1. The molecule has 1 aromatic rings. The van der Waals surface area contributed by atoms with E-state index in [1.54, 1.807) is 6.07 Å². The van der Waals surface area contributed by atoms with E-state index in [2.05, 4.69) is 18.0 Å². The van der Waals surface area contributed by atoms with Crippen molar-refractivity contribution in [1.82, 2.24) is 4.90 Å². The van der Waals surface area contributed by atoms with Gasteiger partial charge in [0, 0.05) is 17.6 Å². The third kappa shape index (κ3) is 1.49. The van der Waals surface area contributed by atoms with Crippen LogP contribution >= 0.6 is 0 Å². The van der Waals surface area contributed by atoms with Crippen molar-refractivity contribution < 1.29 is 4.79 Å². The Labute approximate surface area is 102 Å². The van der Waals surface area contributed by atoms with E-state index in [0.29, 0.717) is 5.56 Å². The number of carbonyl (C=O) groups excluding carboxylic acids is 1. The summed E-state index contributed by atoms with van der Waals surface area (Å²) in [6.45, 7) is 1.18. The molecule has 0 spiro atoms. The van der Waals surface area contributed by atoms with Crippen LogP contribution in [0.25, 0.3) is 0 Å². The van der Waals surface area contributed by atoms with Gasteiger partial charge in [-0.3, -0.25) is 9.69 Å². The van der Waals surface area contributed by atoms with Crippen LogP contribution in [0.4, 0.5) is 0 Å². The highest BCUT2D eigenvalue weighted by Gasteiger charge is 2.49. The largest absolute Gasteiger partial charge is 0.366 e. The Balaban J connectivity index is 2.04. The molecule has 2 atom stereocenters. The van der Waals surface area contributed by atoms with Crippen LogP contribution in [0.15, 0.2) is 24.3 Å². The van der Waals surface area contributed by atoms with Gasteiger partial charge in [-0.25, -0.2) is 0 Å². The van der Waals surface area contributed by atoms with E-state index in [4.69, 9.17) is 5.73 Å². The second-order valence-corrected chi connectivity index (χ2v) is 5.47. The van der Waals surface area contributed by atoms with E-state index < -0.39 is 0 Å². The van der Waals surface area contributed by atoms with Crippen LogP contribution in [0.1, 0.15) is 35.2 Å². The summed E-state index contributed by atoms with van der Waals surface area (Å²) in [7, 11) is 2.19. The fourth-order valence-electron chi connectivity index (χ4n) is 3.63. The standard InChI is InChI=1S/C14H18N2O/c1-16-9-10-5-6-14(16,8-10)12-4-2-3-11(7-12)13(15)17/h2-4,7,10H,5-6,8-9H2,1H3,(H2,15,17). The number of hydrogen-bond acceptors (Lipinski definition) is 2. The fraction of sp³-hybridized carbons (Fsp3) is 0.500. The van der Waals surface area contributed by atoms with Crippen molar-refractivity contribution in [3.8, 4) is 0 Å². The molecule has 1 heterocycles. The van der Waals surface area contributed by atoms with Crippen molar-refractivity contribution in [1.29, 1.82) is 0 Å². The summed E-state index contributed by atoms with van der Waals surface area (Å²) in [6, 6.07) is 7.86. The van der Waals surface area contributed by atoms with Crippen molar-refractivity contribution >= 4 is 5.91 Å². The van der Waals surface area contributed by atoms with Gasteiger partial charge in [0.05, 0.1) is 0 Å². The number of fused-ring (bicyclic) bond motifs is 2. The Kier molecular flexibility index (Phi) is 2.26. The Morgan fingerprint density at radius 3 is 2.94 bits per heavy atom. The molecule has 2 aliphatic rings. The molecule has 2 unspecified atom stereocenters. The minimum Gasteiger partial charge on any atom is -0.366 e. The Hall–Kier alpha value is -1.35. The molecule has 1 saturated carbocycles. The van der Waals surface area contributed by atoms with Crippen LogP contribution < -0.4 is 5.73 Å². The van der Waals surface area contributed by atoms with Gasteiger partial charge in [0.1, 0.15) is 0 Å². The highest BCUT2D eigenvalue weighted by molar-refractivity contribution is 5.92. The number of likely N-dealkylation sites (tertiary alicyclic amines) is 1. The Morgan fingerprint density at radius 2 is 2.35 bits per heavy atom. The lowest BCUT2D eigenvalue weighted by molar-refractivity contribution is 0.0999. The van der Waals surface area contributed by atoms with Gasteiger partial charge in [0.2, 0.25) is 5.91 Å². The zero-order valence-electron chi connectivity index (χ0n) is 10.1. The molecule has 2 bridgehead atoms. The fourth-order valence-corrected chi connectivity index (χ4v) is 3.63. The highest BCUT2D eigenvalue weighted by Crippen LogP contribution is 2.51. The molecule has 1 saturated heterocycles. The molecule has 2 fully saturated rings. The SMILES string of the molecule is CN1CC2CCC1(c1cccc(C(N)=O)c1)C2. The molecule has 1 aliphatic carbocycles. The van der Waals surface area contributed by atoms with Crippen LogP contribution in [0.5, 0.6) is 0 Å². The number of primary amides is 1. The second kappa shape index (κ2) is 3.57. The molecule has 1 amide bonds. The van der Waals surface area contributed by atoms with Gasteiger partial charge in [0.15, 0.2) is 0 Å². The topological polar surface area (TPSA) is 46.3 Å². The molecule has 17 heavy (non-hydrogen) atoms. The van der Waals surface area contributed by atoms with Crippen molar-refractivity contribution in [3.05, 3.63) is 35.4 Å². The van der Waals surface area contributed by atoms with Gasteiger partial charge in [-0.15, -0.1) is 0 Å². The maximum atomic E-state index is 11.3. The lowest BCUT2D eigenvalue weighted by Crippen LogP contribution is -2.39. The number of hydrogen-bond donors (Lipinski definition) is 1. The summed E-state index contributed by atoms with van der Waals surface area (Å²) >= 11 is 0. The number of rotatable bonds is 2. The number of piperidine rings is 1. The summed E-state index contributed by atoms with van der Waals surface area (Å²) in [6.07, 6.45) is 3.74. The van der Waals surface area contributed by atoms with Crippen molar-refractivity contribution in [2.45, 2.75) is 24.8 Å². The third-order valence-corrected chi connectivity index (χ3v) is 4.54. The lowest BCUT2D eigenvalue weighted by atomic mass is 9.87. The maximum absolute atomic E-state index is 11.3. The smallest absolute Gasteiger partial charge is 0.248 e. The molecule has 0 aromatic heterocycles. The van der Waals surface area contributed by atoms with Gasteiger partial charge < -0.3 is 5.73 Å². The molecule has 3 rings (SSSR count). The predicted octanol–water partition coefficient (Wildman–Crippen LogP) is 1.73. The molecule has 90 valence electrons. The summed E-state index contributed by atoms with van der Waals surface area (Å²) in [5.74, 6) is 0.496. The van der Waals surface area contributed by atoms with Crippen molar-refractivity contribution in [2.75, 3.05) is 13.6 Å². The van der Waals surface area contributed by atoms with Crippen LogP contribution in [0, 0.1) is 5.92 Å². The summed E-state index contributed by atoms with van der Waals surface area (Å²) in [5, 5.41) is 0. The quantitative estimate of drug-likeness (QED) is 0.841. The van der Waals surface area contributed by atoms with Gasteiger partial charge >= 0.3 is 0 Å². The first kappa shape index (κ1) is 10.8. The number of nitrogens with zero attached hydrogens (tertiary/aromatic N) is 1. The van der Waals surface area contributed by atoms with Crippen LogP contribution in [-0.2, 0) is 5.54 Å². The summed E-state index contributed by atoms with van der Waals surface area (Å²) in [4.78, 5) is 13.7. The first-order chi connectivity index (χ1) is 8.12. The van der Waals surface area contributed by atoms with E-state index in [9.17, 15) is 4.79 Å². The van der Waals surface area contributed by atoms with Crippen molar-refractivity contribution in [3.63, 3.8) is 0 Å². The van der Waals surface area contributed by atoms with Crippen LogP contribution in [0.3, 0.4) is 0 Å². The maximum Gasteiger partial charge on any atom is 0.248 e. The van der Waals surface area contributed by atoms with Crippen molar-refractivity contribution in [2.24, 2.45) is 11.7 Å². The molecule has 1 aliphatic heterocycles. The molecule has 2 N–H and O–H groups in total. The first-order valence-corrected chi connectivity index (χ1v) is 6.23. The zero-order chi connectivity index (χ0) is 12.0. The Bertz CT molecular complexity index is 471. The molecule has 0 radical (unpaired) electrons. The van der Waals surface area contributed by atoms with Crippen LogP contribution in [0.2, 0.25) is 0 Å². The number of amides is 1. The monoisotopic (exact) mass is 230 g/mol. The number of carbonyl (C=O) groups is 1. The van der Waals surface area contributed by atoms with Gasteiger partial charge in [-0.2, -0.15) is 0 Å². The highest BCUT2D eigenvalue weighted by atomic mass is 16.1. The van der Waals surface area contributed by atoms with E-state index in [1.807, 2.05) is 12.1 Å². The number of benzene rings is 1. The molecule has 3 heteroatoms. The summed E-state index contributed by atoms with van der Waals surface area (Å²) < 4.78 is 0. The number of nitrogens with two attached hydrogens (primary N) is 1. The van der Waals surface area contributed by atoms with Gasteiger partial charge in [-0.05, 0) is 49.9 Å². The van der Waals surface area contributed by atoms with Gasteiger partial charge in [-0.1, -0.05) is 12.1 Å². The average molecular weight is 230 g/mol. The van der Waals surface area contributed by atoms with E-state index in [-0.39, 0.29) is 11.4 Å². The normalized spacial score (nSPS) is 31.9. The third-order valence-electron chi connectivity index (χ3n) is 4.54. The minimum atomic E-state index is -0.335. The second-order valence-electron chi connectivity index (χ2n) is 5.47.